The molecule has 0 bridgehead atoms. The van der Waals surface area contributed by atoms with Gasteiger partial charge in [0.1, 0.15) is 0 Å². The summed E-state index contributed by atoms with van der Waals surface area (Å²) < 4.78 is 14.8. The zero-order valence-corrected chi connectivity index (χ0v) is 8.47. The van der Waals surface area contributed by atoms with Crippen molar-refractivity contribution in [1.29, 1.82) is 0 Å². The number of rotatable bonds is 2. The average molecular weight is 195 g/mol. The molecule has 1 heterocycles. The summed E-state index contributed by atoms with van der Waals surface area (Å²) >= 11 is 0. The van der Waals surface area contributed by atoms with Gasteiger partial charge >= 0.3 is 77.6 Å². The Labute approximate surface area is 78.3 Å². The van der Waals surface area contributed by atoms with Gasteiger partial charge in [0.2, 0.25) is 0 Å². The summed E-state index contributed by atoms with van der Waals surface area (Å²) in [5.41, 5.74) is 2.93. The minimum atomic E-state index is -0.233. The van der Waals surface area contributed by atoms with Crippen LogP contribution in [0.2, 0.25) is 0 Å². The van der Waals surface area contributed by atoms with Gasteiger partial charge in [0.05, 0.1) is 0 Å². The first kappa shape index (κ1) is 10.2. The fourth-order valence-electron chi connectivity index (χ4n) is 1.13. The summed E-state index contributed by atoms with van der Waals surface area (Å²) in [6, 6.07) is 3.92. The second-order valence-electron chi connectivity index (χ2n) is 2.75. The van der Waals surface area contributed by atoms with Gasteiger partial charge in [-0.2, -0.15) is 0 Å². The molecular weight excluding hydrogens is 185 g/mol. The number of hydrogen-bond donors (Lipinski definition) is 0. The standard InChI is InChI=1S/C9H10NO2P/c1-7-3-8(2)10-9(4-7)5-12-6-13-11/h3-4H,5H2,1-2H3. The minimum absolute atomic E-state index is 0.233. The van der Waals surface area contributed by atoms with E-state index in [2.05, 4.69) is 10.8 Å². The Morgan fingerprint density at radius 1 is 1.54 bits per heavy atom. The third-order valence-electron chi connectivity index (χ3n) is 1.47. The molecule has 0 atom stereocenters. The molecule has 0 saturated heterocycles. The van der Waals surface area contributed by atoms with Crippen LogP contribution in [0.25, 0.3) is 0 Å². The quantitative estimate of drug-likeness (QED) is 0.680. The predicted molar refractivity (Wildman–Crippen MR) is 50.0 cm³/mol. The summed E-state index contributed by atoms with van der Waals surface area (Å²) in [7, 11) is -0.233. The van der Waals surface area contributed by atoms with E-state index in [0.717, 1.165) is 17.0 Å². The predicted octanol–water partition coefficient (Wildman–Crippen LogP) is 2.42. The third kappa shape index (κ3) is 3.56. The van der Waals surface area contributed by atoms with E-state index >= 15 is 0 Å². The normalized spacial score (nSPS) is 9.38. The molecule has 1 aromatic heterocycles. The van der Waals surface area contributed by atoms with E-state index in [0.29, 0.717) is 6.61 Å². The van der Waals surface area contributed by atoms with E-state index in [1.807, 2.05) is 26.0 Å². The fraction of sp³-hybridized carbons (Fsp3) is 0.333. The molecule has 13 heavy (non-hydrogen) atoms. The molecule has 4 heteroatoms. The number of aromatic nitrogens is 1. The molecule has 1 aromatic rings. The number of aryl methyl sites for hydroxylation is 2. The molecule has 0 aromatic carbocycles. The molecule has 1 rings (SSSR count). The molecule has 0 aliphatic carbocycles. The van der Waals surface area contributed by atoms with Gasteiger partial charge in [-0.15, -0.1) is 0 Å². The van der Waals surface area contributed by atoms with Gasteiger partial charge < -0.3 is 0 Å². The van der Waals surface area contributed by atoms with Crippen LogP contribution in [0.5, 0.6) is 0 Å². The van der Waals surface area contributed by atoms with E-state index < -0.39 is 0 Å². The molecule has 68 valence electrons. The summed E-state index contributed by atoms with van der Waals surface area (Å²) in [5, 5.41) is 0. The molecule has 0 fully saturated rings. The first-order valence-electron chi connectivity index (χ1n) is 3.85. The summed E-state index contributed by atoms with van der Waals surface area (Å²) in [6.07, 6.45) is 0. The van der Waals surface area contributed by atoms with Crippen LogP contribution in [0.15, 0.2) is 12.1 Å². The van der Waals surface area contributed by atoms with Crippen LogP contribution in [-0.2, 0) is 15.9 Å². The molecular formula is C9H10NO2P. The van der Waals surface area contributed by atoms with Crippen molar-refractivity contribution in [3.05, 3.63) is 29.1 Å². The summed E-state index contributed by atoms with van der Waals surface area (Å²) in [6.45, 7) is 4.24. The van der Waals surface area contributed by atoms with Crippen LogP contribution in [0.3, 0.4) is 0 Å². The zero-order valence-electron chi connectivity index (χ0n) is 7.57. The van der Waals surface area contributed by atoms with Crippen molar-refractivity contribution < 1.29 is 9.30 Å². The molecule has 0 aliphatic rings. The molecule has 0 radical (unpaired) electrons. The van der Waals surface area contributed by atoms with Gasteiger partial charge in [-0.3, -0.25) is 0 Å². The number of ether oxygens (including phenoxy) is 1. The van der Waals surface area contributed by atoms with Crippen LogP contribution >= 0.6 is 7.92 Å². The number of nitrogens with zero attached hydrogens (tertiary/aromatic N) is 1. The van der Waals surface area contributed by atoms with Crippen molar-refractivity contribution in [1.82, 2.24) is 4.98 Å². The molecule has 0 saturated carbocycles. The molecule has 0 unspecified atom stereocenters. The van der Waals surface area contributed by atoms with Gasteiger partial charge in [0.25, 0.3) is 0 Å². The second-order valence-corrected chi connectivity index (χ2v) is 3.11. The van der Waals surface area contributed by atoms with Crippen LogP contribution in [0.4, 0.5) is 0 Å². The van der Waals surface area contributed by atoms with E-state index in [1.165, 1.54) is 0 Å². The zero-order chi connectivity index (χ0) is 9.68. The Morgan fingerprint density at radius 2 is 2.31 bits per heavy atom. The van der Waals surface area contributed by atoms with E-state index in [-0.39, 0.29) is 7.92 Å². The van der Waals surface area contributed by atoms with E-state index in [4.69, 9.17) is 4.74 Å². The van der Waals surface area contributed by atoms with Crippen LogP contribution in [-0.4, -0.2) is 4.98 Å². The Hall–Kier alpha value is -0.880. The second kappa shape index (κ2) is 4.98. The van der Waals surface area contributed by atoms with Gasteiger partial charge in [0.15, 0.2) is 0 Å². The van der Waals surface area contributed by atoms with Crippen LogP contribution in [0, 0.1) is 19.7 Å². The van der Waals surface area contributed by atoms with Crippen molar-refractivity contribution in [3.63, 3.8) is 0 Å². The van der Waals surface area contributed by atoms with Gasteiger partial charge in [-0.25, -0.2) is 0 Å². The van der Waals surface area contributed by atoms with E-state index in [9.17, 15) is 4.57 Å². The first-order valence-corrected chi connectivity index (χ1v) is 4.67. The Balaban J connectivity index is 2.75. The summed E-state index contributed by atoms with van der Waals surface area (Å²) in [5.74, 6) is 2.21. The Morgan fingerprint density at radius 3 is 2.92 bits per heavy atom. The van der Waals surface area contributed by atoms with Crippen LogP contribution in [0.1, 0.15) is 17.0 Å². The molecule has 3 nitrogen and oxygen atoms in total. The Kier molecular flexibility index (Phi) is 3.91. The van der Waals surface area contributed by atoms with Crippen LogP contribution < -0.4 is 0 Å². The SMILES string of the molecule is Cc1cc(C)nc(COC#P=O)c1. The van der Waals surface area contributed by atoms with Gasteiger partial charge in [0, 0.05) is 0 Å². The fourth-order valence-corrected chi connectivity index (χ4v) is 1.25. The van der Waals surface area contributed by atoms with E-state index in [1.54, 1.807) is 0 Å². The Bertz CT molecular complexity index is 377. The maximum absolute atomic E-state index is 9.97. The number of hydrogen-bond acceptors (Lipinski definition) is 3. The molecule has 0 spiro atoms. The van der Waals surface area contributed by atoms with Crippen molar-refractivity contribution in [3.8, 4) is 5.81 Å². The van der Waals surface area contributed by atoms with Crippen molar-refractivity contribution >= 4 is 7.92 Å². The topological polar surface area (TPSA) is 39.2 Å². The van der Waals surface area contributed by atoms with Gasteiger partial charge in [-0.1, -0.05) is 0 Å². The third-order valence-corrected chi connectivity index (χ3v) is 1.68. The molecule has 0 aliphatic heterocycles. The maximum atomic E-state index is 9.97. The first-order chi connectivity index (χ1) is 6.22. The van der Waals surface area contributed by atoms with Crippen molar-refractivity contribution in [2.75, 3.05) is 0 Å². The van der Waals surface area contributed by atoms with Crippen molar-refractivity contribution in [2.45, 2.75) is 20.5 Å². The van der Waals surface area contributed by atoms with Crippen molar-refractivity contribution in [2.24, 2.45) is 0 Å². The van der Waals surface area contributed by atoms with Gasteiger partial charge in [-0.05, 0) is 0 Å². The number of pyridine rings is 1. The monoisotopic (exact) mass is 195 g/mol. The summed E-state index contributed by atoms with van der Waals surface area (Å²) in [4.78, 5) is 4.24. The average Bonchev–Trinajstić information content (AvgIpc) is 2.03. The molecule has 0 N–H and O–H groups in total. The molecule has 0 amide bonds.